The molecule has 0 saturated carbocycles. The SMILES string of the molecule is CCc1cc(CNc2ncnc3nc(C(F)F)[nH]c23)[nH]n1. The predicted octanol–water partition coefficient (Wildman–Crippen LogP) is 2.19. The molecular weight excluding hydrogens is 280 g/mol. The number of aromatic nitrogens is 6. The van der Waals surface area contributed by atoms with Crippen LogP contribution >= 0.6 is 0 Å². The third-order valence-corrected chi connectivity index (χ3v) is 3.01. The van der Waals surface area contributed by atoms with Crippen LogP contribution in [0.15, 0.2) is 12.4 Å². The van der Waals surface area contributed by atoms with E-state index in [1.807, 2.05) is 13.0 Å². The molecule has 0 unspecified atom stereocenters. The van der Waals surface area contributed by atoms with E-state index in [0.717, 1.165) is 17.8 Å². The van der Waals surface area contributed by atoms with Crippen molar-refractivity contribution in [1.82, 2.24) is 30.1 Å². The molecule has 3 N–H and O–H groups in total. The third kappa shape index (κ3) is 2.67. The first-order chi connectivity index (χ1) is 10.2. The lowest BCUT2D eigenvalue weighted by atomic mass is 10.3. The molecule has 0 amide bonds. The minimum atomic E-state index is -2.67. The van der Waals surface area contributed by atoms with Gasteiger partial charge in [-0.05, 0) is 12.5 Å². The minimum absolute atomic E-state index is 0.210. The van der Waals surface area contributed by atoms with E-state index in [0.29, 0.717) is 17.9 Å². The first kappa shape index (κ1) is 13.4. The topological polar surface area (TPSA) is 95.2 Å². The number of H-pyrrole nitrogens is 2. The summed E-state index contributed by atoms with van der Waals surface area (Å²) in [6.07, 6.45) is -0.552. The lowest BCUT2D eigenvalue weighted by Gasteiger charge is -2.03. The van der Waals surface area contributed by atoms with E-state index in [1.165, 1.54) is 6.33 Å². The number of aromatic amines is 2. The molecule has 3 aromatic heterocycles. The number of aryl methyl sites for hydroxylation is 1. The molecule has 3 aromatic rings. The van der Waals surface area contributed by atoms with Crippen molar-refractivity contribution in [2.45, 2.75) is 26.3 Å². The van der Waals surface area contributed by atoms with Crippen LogP contribution in [0.5, 0.6) is 0 Å². The van der Waals surface area contributed by atoms with E-state index in [4.69, 9.17) is 0 Å². The zero-order chi connectivity index (χ0) is 14.8. The predicted molar refractivity (Wildman–Crippen MR) is 71.9 cm³/mol. The van der Waals surface area contributed by atoms with Crippen LogP contribution in [-0.4, -0.2) is 30.1 Å². The van der Waals surface area contributed by atoms with Crippen molar-refractivity contribution in [2.75, 3.05) is 5.32 Å². The number of hydrogen-bond donors (Lipinski definition) is 3. The number of halogens is 2. The minimum Gasteiger partial charge on any atom is -0.363 e. The highest BCUT2D eigenvalue weighted by Gasteiger charge is 2.16. The highest BCUT2D eigenvalue weighted by Crippen LogP contribution is 2.22. The Morgan fingerprint density at radius 1 is 1.33 bits per heavy atom. The van der Waals surface area contributed by atoms with Gasteiger partial charge < -0.3 is 10.3 Å². The number of nitrogens with zero attached hydrogens (tertiary/aromatic N) is 4. The second kappa shape index (κ2) is 5.43. The largest absolute Gasteiger partial charge is 0.363 e. The third-order valence-electron chi connectivity index (χ3n) is 3.01. The molecule has 3 heterocycles. The molecule has 0 fully saturated rings. The van der Waals surface area contributed by atoms with Crippen LogP contribution in [0, 0.1) is 0 Å². The summed E-state index contributed by atoms with van der Waals surface area (Å²) in [5.41, 5.74) is 2.41. The van der Waals surface area contributed by atoms with Crippen molar-refractivity contribution in [3.8, 4) is 0 Å². The van der Waals surface area contributed by atoms with Gasteiger partial charge in [-0.1, -0.05) is 6.92 Å². The van der Waals surface area contributed by atoms with Crippen LogP contribution in [0.1, 0.15) is 30.6 Å². The van der Waals surface area contributed by atoms with E-state index in [2.05, 4.69) is 35.5 Å². The molecule has 0 bridgehead atoms. The highest BCUT2D eigenvalue weighted by molar-refractivity contribution is 5.82. The maximum atomic E-state index is 12.7. The summed E-state index contributed by atoms with van der Waals surface area (Å²) in [5.74, 6) is 0.00964. The molecular formula is C12H13F2N7. The second-order valence-electron chi connectivity index (χ2n) is 4.44. The number of rotatable bonds is 5. The first-order valence-corrected chi connectivity index (χ1v) is 6.43. The number of alkyl halides is 2. The molecule has 0 radical (unpaired) electrons. The summed E-state index contributed by atoms with van der Waals surface area (Å²) in [6.45, 7) is 2.46. The van der Waals surface area contributed by atoms with Gasteiger partial charge in [0.05, 0.1) is 17.9 Å². The van der Waals surface area contributed by atoms with Crippen molar-refractivity contribution in [1.29, 1.82) is 0 Å². The van der Waals surface area contributed by atoms with Gasteiger partial charge in [-0.25, -0.2) is 23.7 Å². The Morgan fingerprint density at radius 2 is 2.19 bits per heavy atom. The maximum absolute atomic E-state index is 12.7. The molecule has 0 aliphatic carbocycles. The Kier molecular flexibility index (Phi) is 3.46. The van der Waals surface area contributed by atoms with Crippen molar-refractivity contribution in [2.24, 2.45) is 0 Å². The molecule has 0 aliphatic heterocycles. The summed E-state index contributed by atoms with van der Waals surface area (Å²) in [5, 5.41) is 10.1. The van der Waals surface area contributed by atoms with Crippen LogP contribution < -0.4 is 5.32 Å². The van der Waals surface area contributed by atoms with E-state index in [9.17, 15) is 8.78 Å². The van der Waals surface area contributed by atoms with Crippen molar-refractivity contribution in [3.05, 3.63) is 29.6 Å². The standard InChI is InChI=1S/C12H13F2N7/c1-2-6-3-7(21-20-6)4-15-10-8-11(17-5-16-10)19-12(18-8)9(13)14/h3,5,9H,2,4H2,1H3,(H,20,21)(H2,15,16,17,18,19). The van der Waals surface area contributed by atoms with E-state index < -0.39 is 12.2 Å². The number of nitrogens with one attached hydrogen (secondary N) is 3. The zero-order valence-corrected chi connectivity index (χ0v) is 11.2. The lowest BCUT2D eigenvalue weighted by molar-refractivity contribution is 0.142. The zero-order valence-electron chi connectivity index (χ0n) is 11.2. The Labute approximate surface area is 118 Å². The molecule has 21 heavy (non-hydrogen) atoms. The van der Waals surface area contributed by atoms with Crippen LogP contribution in [-0.2, 0) is 13.0 Å². The number of hydrogen-bond acceptors (Lipinski definition) is 5. The molecule has 7 nitrogen and oxygen atoms in total. The fraction of sp³-hybridized carbons (Fsp3) is 0.333. The fourth-order valence-electron chi connectivity index (χ4n) is 1.94. The number of imidazole rings is 1. The summed E-state index contributed by atoms with van der Waals surface area (Å²) in [6, 6.07) is 1.93. The molecule has 0 saturated heterocycles. The molecule has 110 valence electrons. The van der Waals surface area contributed by atoms with Gasteiger partial charge in [-0.2, -0.15) is 5.10 Å². The number of fused-ring (bicyclic) bond motifs is 1. The van der Waals surface area contributed by atoms with Crippen LogP contribution in [0.4, 0.5) is 14.6 Å². The quantitative estimate of drug-likeness (QED) is 0.670. The molecule has 9 heteroatoms. The average Bonchev–Trinajstić information content (AvgIpc) is 3.11. The lowest BCUT2D eigenvalue weighted by Crippen LogP contribution is -2.03. The van der Waals surface area contributed by atoms with Crippen LogP contribution in [0.2, 0.25) is 0 Å². The second-order valence-corrected chi connectivity index (χ2v) is 4.44. The van der Waals surface area contributed by atoms with Gasteiger partial charge >= 0.3 is 0 Å². The monoisotopic (exact) mass is 293 g/mol. The number of anilines is 1. The maximum Gasteiger partial charge on any atom is 0.295 e. The summed E-state index contributed by atoms with van der Waals surface area (Å²) in [7, 11) is 0. The highest BCUT2D eigenvalue weighted by atomic mass is 19.3. The van der Waals surface area contributed by atoms with Gasteiger partial charge in [0.2, 0.25) is 0 Å². The Morgan fingerprint density at radius 3 is 2.90 bits per heavy atom. The van der Waals surface area contributed by atoms with Crippen LogP contribution in [0.3, 0.4) is 0 Å². The molecule has 0 spiro atoms. The Hall–Kier alpha value is -2.58. The Balaban J connectivity index is 1.83. The van der Waals surface area contributed by atoms with Crippen LogP contribution in [0.25, 0.3) is 11.2 Å². The van der Waals surface area contributed by atoms with Gasteiger partial charge in [-0.3, -0.25) is 5.10 Å². The smallest absolute Gasteiger partial charge is 0.295 e. The van der Waals surface area contributed by atoms with E-state index >= 15 is 0 Å². The summed E-state index contributed by atoms with van der Waals surface area (Å²) in [4.78, 5) is 14.2. The summed E-state index contributed by atoms with van der Waals surface area (Å²) >= 11 is 0. The van der Waals surface area contributed by atoms with Crippen molar-refractivity contribution < 1.29 is 8.78 Å². The summed E-state index contributed by atoms with van der Waals surface area (Å²) < 4.78 is 25.3. The fourth-order valence-corrected chi connectivity index (χ4v) is 1.94. The van der Waals surface area contributed by atoms with Crippen molar-refractivity contribution in [3.63, 3.8) is 0 Å². The molecule has 3 rings (SSSR count). The van der Waals surface area contributed by atoms with Gasteiger partial charge in [0, 0.05) is 0 Å². The first-order valence-electron chi connectivity index (χ1n) is 6.43. The van der Waals surface area contributed by atoms with Gasteiger partial charge in [0.15, 0.2) is 17.3 Å². The Bertz CT molecular complexity index is 749. The van der Waals surface area contributed by atoms with Gasteiger partial charge in [0.25, 0.3) is 6.43 Å². The van der Waals surface area contributed by atoms with E-state index in [-0.39, 0.29) is 5.65 Å². The van der Waals surface area contributed by atoms with Gasteiger partial charge in [0.1, 0.15) is 11.8 Å². The van der Waals surface area contributed by atoms with E-state index in [1.54, 1.807) is 0 Å². The molecule has 0 aliphatic rings. The molecule has 0 aromatic carbocycles. The molecule has 0 atom stereocenters. The average molecular weight is 293 g/mol. The van der Waals surface area contributed by atoms with Gasteiger partial charge in [-0.15, -0.1) is 0 Å². The van der Waals surface area contributed by atoms with Crippen molar-refractivity contribution >= 4 is 17.0 Å². The normalized spacial score (nSPS) is 11.4.